The van der Waals surface area contributed by atoms with Crippen molar-refractivity contribution in [3.63, 3.8) is 0 Å². The number of ether oxygens (including phenoxy) is 1. The van der Waals surface area contributed by atoms with Crippen molar-refractivity contribution in [3.8, 4) is 0 Å². The van der Waals surface area contributed by atoms with Gasteiger partial charge in [-0.2, -0.15) is 0 Å². The minimum absolute atomic E-state index is 0.0106. The van der Waals surface area contributed by atoms with Crippen LogP contribution in [0.1, 0.15) is 17.2 Å². The van der Waals surface area contributed by atoms with Crippen molar-refractivity contribution < 1.29 is 4.74 Å². The molecule has 0 amide bonds. The average Bonchev–Trinajstić information content (AvgIpc) is 2.42. The molecule has 17 heavy (non-hydrogen) atoms. The zero-order valence-corrected chi connectivity index (χ0v) is 9.91. The van der Waals surface area contributed by atoms with Crippen LogP contribution in [-0.4, -0.2) is 7.11 Å². The van der Waals surface area contributed by atoms with E-state index in [1.807, 2.05) is 36.4 Å². The monoisotopic (exact) mass is 224 g/mol. The Labute approximate surface area is 102 Å². The van der Waals surface area contributed by atoms with Gasteiger partial charge in [-0.15, -0.1) is 0 Å². The third-order valence-corrected chi connectivity index (χ3v) is 2.65. The summed E-state index contributed by atoms with van der Waals surface area (Å²) in [5, 5.41) is 0. The van der Waals surface area contributed by atoms with E-state index >= 15 is 0 Å². The first-order valence-electron chi connectivity index (χ1n) is 5.71. The van der Waals surface area contributed by atoms with Crippen LogP contribution in [0.4, 0.5) is 0 Å². The van der Waals surface area contributed by atoms with Crippen molar-refractivity contribution >= 4 is 6.08 Å². The van der Waals surface area contributed by atoms with Crippen molar-refractivity contribution in [2.75, 3.05) is 7.11 Å². The molecule has 2 aromatic rings. The molecule has 1 nitrogen and oxygen atoms in total. The average molecular weight is 224 g/mol. The SMILES string of the molecule is COC(/C=C/c1ccccc1)c1ccccc1. The first-order chi connectivity index (χ1) is 8.40. The van der Waals surface area contributed by atoms with E-state index in [9.17, 15) is 0 Å². The van der Waals surface area contributed by atoms with Gasteiger partial charge in [0.2, 0.25) is 0 Å². The van der Waals surface area contributed by atoms with E-state index in [0.717, 1.165) is 0 Å². The highest BCUT2D eigenvalue weighted by atomic mass is 16.5. The lowest BCUT2D eigenvalue weighted by Gasteiger charge is -2.10. The van der Waals surface area contributed by atoms with Crippen molar-refractivity contribution in [3.05, 3.63) is 77.9 Å². The van der Waals surface area contributed by atoms with Crippen LogP contribution >= 0.6 is 0 Å². The molecule has 0 fully saturated rings. The maximum absolute atomic E-state index is 5.47. The van der Waals surface area contributed by atoms with Crippen LogP contribution in [0.15, 0.2) is 66.7 Å². The van der Waals surface area contributed by atoms with Gasteiger partial charge in [0.05, 0.1) is 0 Å². The summed E-state index contributed by atoms with van der Waals surface area (Å²) in [4.78, 5) is 0. The van der Waals surface area contributed by atoms with Crippen LogP contribution < -0.4 is 0 Å². The first-order valence-corrected chi connectivity index (χ1v) is 5.71. The standard InChI is InChI=1S/C16H16O/c1-17-16(15-10-6-3-7-11-15)13-12-14-8-4-2-5-9-14/h2-13,16H,1H3/b13-12+. The van der Waals surface area contributed by atoms with Gasteiger partial charge in [-0.25, -0.2) is 0 Å². The predicted octanol–water partition coefficient (Wildman–Crippen LogP) is 4.09. The summed E-state index contributed by atoms with van der Waals surface area (Å²) in [5.41, 5.74) is 2.35. The molecule has 2 rings (SSSR count). The summed E-state index contributed by atoms with van der Waals surface area (Å²) in [6.45, 7) is 0. The largest absolute Gasteiger partial charge is 0.373 e. The summed E-state index contributed by atoms with van der Waals surface area (Å²) in [7, 11) is 1.73. The Kier molecular flexibility index (Phi) is 4.11. The molecule has 0 saturated heterocycles. The molecule has 0 bridgehead atoms. The predicted molar refractivity (Wildman–Crippen MR) is 71.7 cm³/mol. The van der Waals surface area contributed by atoms with E-state index in [2.05, 4.69) is 36.4 Å². The highest BCUT2D eigenvalue weighted by Crippen LogP contribution is 2.18. The Bertz CT molecular complexity index is 459. The lowest BCUT2D eigenvalue weighted by Crippen LogP contribution is -1.96. The van der Waals surface area contributed by atoms with Gasteiger partial charge in [0.25, 0.3) is 0 Å². The molecule has 0 aliphatic carbocycles. The molecule has 0 aliphatic heterocycles. The van der Waals surface area contributed by atoms with Crippen molar-refractivity contribution in [2.24, 2.45) is 0 Å². The molecule has 0 N–H and O–H groups in total. The number of hydrogen-bond donors (Lipinski definition) is 0. The summed E-state index contributed by atoms with van der Waals surface area (Å²) >= 11 is 0. The number of benzene rings is 2. The Morgan fingerprint density at radius 2 is 1.47 bits per heavy atom. The third kappa shape index (κ3) is 3.30. The highest BCUT2D eigenvalue weighted by molar-refractivity contribution is 5.50. The molecule has 0 radical (unpaired) electrons. The van der Waals surface area contributed by atoms with Crippen LogP contribution in [0.5, 0.6) is 0 Å². The molecule has 2 aromatic carbocycles. The van der Waals surface area contributed by atoms with Gasteiger partial charge in [-0.1, -0.05) is 72.8 Å². The molecule has 86 valence electrons. The molecular formula is C16H16O. The van der Waals surface area contributed by atoms with E-state index in [1.165, 1.54) is 11.1 Å². The Balaban J connectivity index is 2.14. The topological polar surface area (TPSA) is 9.23 Å². The fourth-order valence-electron chi connectivity index (χ4n) is 1.73. The molecule has 0 spiro atoms. The van der Waals surface area contributed by atoms with E-state index in [4.69, 9.17) is 4.74 Å². The zero-order valence-electron chi connectivity index (χ0n) is 9.91. The van der Waals surface area contributed by atoms with Gasteiger partial charge < -0.3 is 4.74 Å². The van der Waals surface area contributed by atoms with E-state index in [-0.39, 0.29) is 6.10 Å². The summed E-state index contributed by atoms with van der Waals surface area (Å²) in [6, 6.07) is 20.4. The number of hydrogen-bond acceptors (Lipinski definition) is 1. The van der Waals surface area contributed by atoms with E-state index < -0.39 is 0 Å². The minimum Gasteiger partial charge on any atom is -0.373 e. The van der Waals surface area contributed by atoms with Gasteiger partial charge >= 0.3 is 0 Å². The number of rotatable bonds is 4. The Morgan fingerprint density at radius 3 is 2.06 bits per heavy atom. The van der Waals surface area contributed by atoms with Gasteiger partial charge in [0.15, 0.2) is 0 Å². The quantitative estimate of drug-likeness (QED) is 0.760. The van der Waals surface area contributed by atoms with Gasteiger partial charge in [-0.05, 0) is 11.1 Å². The third-order valence-electron chi connectivity index (χ3n) is 2.65. The molecule has 1 unspecified atom stereocenters. The van der Waals surface area contributed by atoms with E-state index in [1.54, 1.807) is 7.11 Å². The fraction of sp³-hybridized carbons (Fsp3) is 0.125. The van der Waals surface area contributed by atoms with Crippen LogP contribution in [0, 0.1) is 0 Å². The molecule has 0 aromatic heterocycles. The van der Waals surface area contributed by atoms with Crippen LogP contribution in [0.25, 0.3) is 6.08 Å². The van der Waals surface area contributed by atoms with Crippen molar-refractivity contribution in [1.82, 2.24) is 0 Å². The highest BCUT2D eigenvalue weighted by Gasteiger charge is 2.04. The maximum Gasteiger partial charge on any atom is 0.101 e. The van der Waals surface area contributed by atoms with Gasteiger partial charge in [0.1, 0.15) is 6.10 Å². The van der Waals surface area contributed by atoms with Crippen LogP contribution in [0.2, 0.25) is 0 Å². The molecule has 0 aliphatic rings. The van der Waals surface area contributed by atoms with Gasteiger partial charge in [0, 0.05) is 7.11 Å². The second-order valence-corrected chi connectivity index (χ2v) is 3.84. The van der Waals surface area contributed by atoms with Crippen LogP contribution in [-0.2, 0) is 4.74 Å². The van der Waals surface area contributed by atoms with Crippen molar-refractivity contribution in [2.45, 2.75) is 6.10 Å². The lowest BCUT2D eigenvalue weighted by molar-refractivity contribution is 0.143. The lowest BCUT2D eigenvalue weighted by atomic mass is 10.1. The minimum atomic E-state index is 0.0106. The maximum atomic E-state index is 5.47. The van der Waals surface area contributed by atoms with Crippen molar-refractivity contribution in [1.29, 1.82) is 0 Å². The Morgan fingerprint density at radius 1 is 0.882 bits per heavy atom. The van der Waals surface area contributed by atoms with Gasteiger partial charge in [-0.3, -0.25) is 0 Å². The zero-order chi connectivity index (χ0) is 11.9. The normalized spacial score (nSPS) is 12.8. The smallest absolute Gasteiger partial charge is 0.101 e. The second-order valence-electron chi connectivity index (χ2n) is 3.84. The summed E-state index contributed by atoms with van der Waals surface area (Å²) in [6.07, 6.45) is 4.17. The summed E-state index contributed by atoms with van der Waals surface area (Å²) < 4.78 is 5.47. The molecule has 1 heteroatoms. The van der Waals surface area contributed by atoms with Crippen LogP contribution in [0.3, 0.4) is 0 Å². The first kappa shape index (κ1) is 11.6. The summed E-state index contributed by atoms with van der Waals surface area (Å²) in [5.74, 6) is 0. The molecule has 0 saturated carbocycles. The number of methoxy groups -OCH3 is 1. The van der Waals surface area contributed by atoms with E-state index in [0.29, 0.717) is 0 Å². The second kappa shape index (κ2) is 6.02. The molecular weight excluding hydrogens is 208 g/mol. The Hall–Kier alpha value is -1.86. The fourth-order valence-corrected chi connectivity index (χ4v) is 1.73. The molecule has 0 heterocycles. The molecule has 1 atom stereocenters.